The third kappa shape index (κ3) is 2.91. The van der Waals surface area contributed by atoms with E-state index in [-0.39, 0.29) is 5.75 Å². The summed E-state index contributed by atoms with van der Waals surface area (Å²) in [6.45, 7) is 7.36. The van der Waals surface area contributed by atoms with Crippen LogP contribution in [0.25, 0.3) is 11.1 Å². The van der Waals surface area contributed by atoms with Crippen LogP contribution < -0.4 is 15.4 Å². The number of hydrogen-bond donors (Lipinski definition) is 3. The molecule has 1 atom stereocenters. The zero-order valence-electron chi connectivity index (χ0n) is 13.5. The molecule has 0 radical (unpaired) electrons. The first-order valence-corrected chi connectivity index (χ1v) is 9.07. The first-order valence-electron chi connectivity index (χ1n) is 7.41. The Labute approximate surface area is 135 Å². The van der Waals surface area contributed by atoms with E-state index in [2.05, 4.69) is 20.5 Å². The Hall–Kier alpha value is -2.06. The molecule has 0 bridgehead atoms. The van der Waals surface area contributed by atoms with Crippen molar-refractivity contribution in [1.29, 1.82) is 0 Å². The summed E-state index contributed by atoms with van der Waals surface area (Å²) >= 11 is 0. The fraction of sp³-hybridized carbons (Fsp3) is 0.400. The predicted octanol–water partition coefficient (Wildman–Crippen LogP) is 2.33. The minimum Gasteiger partial charge on any atom is -0.361 e. The summed E-state index contributed by atoms with van der Waals surface area (Å²) in [6, 6.07) is 4.01. The van der Waals surface area contributed by atoms with Gasteiger partial charge in [-0.05, 0) is 51.0 Å². The first-order chi connectivity index (χ1) is 10.8. The highest BCUT2D eigenvalue weighted by Crippen LogP contribution is 2.38. The molecule has 1 aromatic carbocycles. The van der Waals surface area contributed by atoms with Gasteiger partial charge in [0.2, 0.25) is 10.0 Å². The zero-order chi connectivity index (χ0) is 16.8. The van der Waals surface area contributed by atoms with Crippen LogP contribution in [0.15, 0.2) is 16.7 Å². The van der Waals surface area contributed by atoms with Gasteiger partial charge < -0.3 is 15.2 Å². The number of fused-ring (bicyclic) bond motifs is 1. The number of nitrogens with one attached hydrogen (secondary N) is 3. The first kappa shape index (κ1) is 15.8. The molecule has 3 rings (SSSR count). The molecule has 0 fully saturated rings. The predicted molar refractivity (Wildman–Crippen MR) is 89.8 cm³/mol. The van der Waals surface area contributed by atoms with E-state index in [0.29, 0.717) is 0 Å². The minimum absolute atomic E-state index is 0.0342. The lowest BCUT2D eigenvalue weighted by molar-refractivity contribution is 0.393. The van der Waals surface area contributed by atoms with Gasteiger partial charge in [0.25, 0.3) is 0 Å². The van der Waals surface area contributed by atoms with E-state index in [1.54, 1.807) is 6.92 Å². The molecule has 0 saturated heterocycles. The Morgan fingerprint density at radius 2 is 2.00 bits per heavy atom. The molecule has 1 aliphatic rings. The van der Waals surface area contributed by atoms with Crippen LogP contribution in [0, 0.1) is 20.8 Å². The monoisotopic (exact) mass is 336 g/mol. The van der Waals surface area contributed by atoms with Crippen LogP contribution in [-0.2, 0) is 10.0 Å². The summed E-state index contributed by atoms with van der Waals surface area (Å²) in [5.74, 6) is 0.794. The number of rotatable bonds is 4. The van der Waals surface area contributed by atoms with Gasteiger partial charge in [-0.1, -0.05) is 5.16 Å². The van der Waals surface area contributed by atoms with E-state index >= 15 is 0 Å². The van der Waals surface area contributed by atoms with Gasteiger partial charge in [-0.3, -0.25) is 0 Å². The van der Waals surface area contributed by atoms with E-state index < -0.39 is 16.3 Å². The van der Waals surface area contributed by atoms with E-state index in [1.807, 2.05) is 32.9 Å². The molecule has 1 aliphatic heterocycles. The molecule has 7 nitrogen and oxygen atoms in total. The summed E-state index contributed by atoms with van der Waals surface area (Å²) in [7, 11) is -3.30. The topological polar surface area (TPSA) is 96.3 Å². The van der Waals surface area contributed by atoms with Crippen LogP contribution in [0.5, 0.6) is 0 Å². The van der Waals surface area contributed by atoms with Crippen molar-refractivity contribution in [2.75, 3.05) is 16.4 Å². The highest BCUT2D eigenvalue weighted by atomic mass is 32.2. The van der Waals surface area contributed by atoms with Crippen molar-refractivity contribution in [1.82, 2.24) is 9.88 Å². The number of aromatic nitrogens is 1. The van der Waals surface area contributed by atoms with Crippen LogP contribution >= 0.6 is 0 Å². The third-order valence-electron chi connectivity index (χ3n) is 3.92. The van der Waals surface area contributed by atoms with Crippen molar-refractivity contribution in [3.05, 3.63) is 29.2 Å². The molecule has 1 unspecified atom stereocenters. The van der Waals surface area contributed by atoms with Crippen molar-refractivity contribution in [2.45, 2.75) is 34.0 Å². The number of sulfonamides is 1. The van der Waals surface area contributed by atoms with Crippen LogP contribution in [0.1, 0.15) is 23.9 Å². The molecule has 0 spiro atoms. The lowest BCUT2D eigenvalue weighted by Crippen LogP contribution is -2.43. The second kappa shape index (κ2) is 5.54. The summed E-state index contributed by atoms with van der Waals surface area (Å²) in [4.78, 5) is 0. The van der Waals surface area contributed by atoms with Crippen molar-refractivity contribution in [3.63, 3.8) is 0 Å². The standard InChI is InChI=1S/C15H20N4O3S/c1-5-23(20,21)19-15-16-12-7-11(6-8(2)14(12)17-15)13-9(3)18-22-10(13)4/h6-7,15-17,19H,5H2,1-4H3. The molecular formula is C15H20N4O3S. The van der Waals surface area contributed by atoms with Crippen LogP contribution in [0.3, 0.4) is 0 Å². The third-order valence-corrected chi connectivity index (χ3v) is 5.28. The maximum absolute atomic E-state index is 11.7. The molecule has 124 valence electrons. The number of aryl methyl sites for hydroxylation is 3. The molecule has 1 aromatic heterocycles. The van der Waals surface area contributed by atoms with Crippen molar-refractivity contribution in [2.24, 2.45) is 0 Å². The molecule has 2 aromatic rings. The Morgan fingerprint density at radius 3 is 2.61 bits per heavy atom. The number of anilines is 2. The summed E-state index contributed by atoms with van der Waals surface area (Å²) in [5, 5.41) is 10.3. The molecule has 0 amide bonds. The molecule has 2 heterocycles. The Kier molecular flexibility index (Phi) is 3.81. The largest absolute Gasteiger partial charge is 0.361 e. The molecule has 3 N–H and O–H groups in total. The van der Waals surface area contributed by atoms with Gasteiger partial charge in [0, 0.05) is 5.56 Å². The Morgan fingerprint density at radius 1 is 1.26 bits per heavy atom. The van der Waals surface area contributed by atoms with Crippen molar-refractivity contribution < 1.29 is 12.9 Å². The minimum atomic E-state index is -3.30. The van der Waals surface area contributed by atoms with E-state index in [0.717, 1.165) is 39.5 Å². The van der Waals surface area contributed by atoms with Crippen LogP contribution in [0.2, 0.25) is 0 Å². The van der Waals surface area contributed by atoms with Gasteiger partial charge in [-0.25, -0.2) is 8.42 Å². The van der Waals surface area contributed by atoms with Gasteiger partial charge in [0.05, 0.1) is 22.8 Å². The SMILES string of the molecule is CCS(=O)(=O)NC1Nc2cc(-c3c(C)noc3C)cc(C)c2N1. The number of nitrogens with zero attached hydrogens (tertiary/aromatic N) is 1. The smallest absolute Gasteiger partial charge is 0.214 e. The fourth-order valence-corrected chi connectivity index (χ4v) is 3.43. The Balaban J connectivity index is 1.94. The number of hydrogen-bond acceptors (Lipinski definition) is 6. The van der Waals surface area contributed by atoms with Crippen LogP contribution in [-0.4, -0.2) is 25.6 Å². The lowest BCUT2D eigenvalue weighted by atomic mass is 10.00. The fourth-order valence-electron chi connectivity index (χ4n) is 2.79. The van der Waals surface area contributed by atoms with Gasteiger partial charge >= 0.3 is 0 Å². The molecule has 0 aliphatic carbocycles. The maximum Gasteiger partial charge on any atom is 0.214 e. The molecule has 8 heteroatoms. The molecular weight excluding hydrogens is 316 g/mol. The van der Waals surface area contributed by atoms with Gasteiger partial charge in [0.1, 0.15) is 5.76 Å². The van der Waals surface area contributed by atoms with E-state index in [1.165, 1.54) is 0 Å². The summed E-state index contributed by atoms with van der Waals surface area (Å²) < 4.78 is 31.3. The zero-order valence-corrected chi connectivity index (χ0v) is 14.3. The van der Waals surface area contributed by atoms with E-state index in [4.69, 9.17) is 4.52 Å². The summed E-state index contributed by atoms with van der Waals surface area (Å²) in [5.41, 5.74) is 5.55. The highest BCUT2D eigenvalue weighted by molar-refractivity contribution is 7.89. The Bertz CT molecular complexity index is 838. The van der Waals surface area contributed by atoms with E-state index in [9.17, 15) is 8.42 Å². The molecule has 23 heavy (non-hydrogen) atoms. The normalized spacial score (nSPS) is 16.8. The quantitative estimate of drug-likeness (QED) is 0.793. The maximum atomic E-state index is 11.7. The molecule has 0 saturated carbocycles. The highest BCUT2D eigenvalue weighted by Gasteiger charge is 2.26. The average molecular weight is 336 g/mol. The van der Waals surface area contributed by atoms with Crippen molar-refractivity contribution >= 4 is 21.4 Å². The van der Waals surface area contributed by atoms with Crippen molar-refractivity contribution in [3.8, 4) is 11.1 Å². The van der Waals surface area contributed by atoms with Gasteiger partial charge in [-0.2, -0.15) is 4.72 Å². The van der Waals surface area contributed by atoms with Crippen LogP contribution in [0.4, 0.5) is 11.4 Å². The van der Waals surface area contributed by atoms with Gasteiger partial charge in [0.15, 0.2) is 6.29 Å². The van der Waals surface area contributed by atoms with Gasteiger partial charge in [-0.15, -0.1) is 0 Å². The second-order valence-corrected chi connectivity index (χ2v) is 7.70. The number of benzene rings is 1. The summed E-state index contributed by atoms with van der Waals surface area (Å²) in [6.07, 6.45) is -0.548. The average Bonchev–Trinajstić information content (AvgIpc) is 3.02. The second-order valence-electron chi connectivity index (χ2n) is 5.66. The lowest BCUT2D eigenvalue weighted by Gasteiger charge is -2.13.